The monoisotopic (exact) mass is 384 g/mol. The number of esters is 1. The summed E-state index contributed by atoms with van der Waals surface area (Å²) < 4.78 is 10.6. The van der Waals surface area contributed by atoms with E-state index in [-0.39, 0.29) is 12.5 Å². The average Bonchev–Trinajstić information content (AvgIpc) is 3.03. The van der Waals surface area contributed by atoms with Crippen molar-refractivity contribution in [2.24, 2.45) is 0 Å². The van der Waals surface area contributed by atoms with E-state index in [9.17, 15) is 9.59 Å². The summed E-state index contributed by atoms with van der Waals surface area (Å²) in [6.07, 6.45) is 2.59. The summed E-state index contributed by atoms with van der Waals surface area (Å²) in [5.41, 5.74) is 2.86. The van der Waals surface area contributed by atoms with E-state index in [0.29, 0.717) is 16.1 Å². The summed E-state index contributed by atoms with van der Waals surface area (Å²) in [6.45, 7) is 1.83. The number of nitrogens with one attached hydrogen (secondary N) is 1. The van der Waals surface area contributed by atoms with Crippen LogP contribution in [0.1, 0.15) is 26.4 Å². The van der Waals surface area contributed by atoms with Crippen LogP contribution in [-0.4, -0.2) is 44.1 Å². The fourth-order valence-electron chi connectivity index (χ4n) is 3.37. The first kappa shape index (κ1) is 17.8. The largest absolute Gasteiger partial charge is 0.488 e. The normalized spacial score (nSPS) is 15.9. The smallest absolute Gasteiger partial charge is 0.341 e. The van der Waals surface area contributed by atoms with Gasteiger partial charge in [0.25, 0.3) is 5.91 Å². The van der Waals surface area contributed by atoms with Gasteiger partial charge in [-0.15, -0.1) is 11.3 Å². The van der Waals surface area contributed by atoms with E-state index in [1.54, 1.807) is 0 Å². The molecule has 1 aromatic carbocycles. The molecule has 0 saturated carbocycles. The number of methoxy groups -OCH3 is 1. The van der Waals surface area contributed by atoms with Crippen molar-refractivity contribution in [2.45, 2.75) is 13.0 Å². The first-order chi connectivity index (χ1) is 13.1. The summed E-state index contributed by atoms with van der Waals surface area (Å²) in [5.74, 6) is 0.0899. The third kappa shape index (κ3) is 3.36. The molecule has 0 bridgehead atoms. The van der Waals surface area contributed by atoms with Crippen LogP contribution >= 0.6 is 11.3 Å². The Morgan fingerprint density at radius 1 is 1.30 bits per heavy atom. The number of carbonyl (C=O) groups is 2. The summed E-state index contributed by atoms with van der Waals surface area (Å²) in [5, 5.41) is 3.46. The van der Waals surface area contributed by atoms with Gasteiger partial charge in [0.1, 0.15) is 17.4 Å². The average molecular weight is 384 g/mol. The van der Waals surface area contributed by atoms with Gasteiger partial charge in [0, 0.05) is 23.5 Å². The second-order valence-corrected chi connectivity index (χ2v) is 7.74. The second-order valence-electron chi connectivity index (χ2n) is 6.64. The Morgan fingerprint density at radius 2 is 2.11 bits per heavy atom. The van der Waals surface area contributed by atoms with E-state index >= 15 is 0 Å². The minimum atomic E-state index is -0.411. The number of para-hydroxylation sites is 1. The van der Waals surface area contributed by atoms with Gasteiger partial charge in [0.2, 0.25) is 0 Å². The lowest BCUT2D eigenvalue weighted by molar-refractivity contribution is -0.113. The minimum absolute atomic E-state index is 0.199. The second kappa shape index (κ2) is 7.17. The van der Waals surface area contributed by atoms with Crippen molar-refractivity contribution in [1.82, 2.24) is 4.90 Å². The number of anilines is 1. The molecular weight excluding hydrogens is 364 g/mol. The molecule has 0 spiro atoms. The molecule has 27 heavy (non-hydrogen) atoms. The van der Waals surface area contributed by atoms with Crippen LogP contribution in [-0.2, 0) is 22.5 Å². The molecule has 4 rings (SSSR count). The molecule has 2 aliphatic rings. The zero-order chi connectivity index (χ0) is 19.0. The Balaban J connectivity index is 1.64. The SMILES string of the molecule is COC(=O)c1c(NC(=O)C2=Cc3ccccc3OC2)sc2c1CCN(C)C2. The van der Waals surface area contributed by atoms with E-state index in [1.807, 2.05) is 37.4 Å². The number of ether oxygens (including phenoxy) is 2. The highest BCUT2D eigenvalue weighted by Gasteiger charge is 2.29. The fourth-order valence-corrected chi connectivity index (χ4v) is 4.68. The maximum Gasteiger partial charge on any atom is 0.341 e. The first-order valence-electron chi connectivity index (χ1n) is 8.72. The standard InChI is InChI=1S/C20H20N2O4S/c1-22-8-7-14-16(10-22)27-19(17(14)20(24)25-2)21-18(23)13-9-12-5-3-4-6-15(12)26-11-13/h3-6,9H,7-8,10-11H2,1-2H3,(H,21,23). The summed E-state index contributed by atoms with van der Waals surface area (Å²) >= 11 is 1.44. The Hall–Kier alpha value is -2.64. The predicted molar refractivity (Wildman–Crippen MR) is 104 cm³/mol. The zero-order valence-electron chi connectivity index (χ0n) is 15.2. The number of rotatable bonds is 3. The molecule has 0 saturated heterocycles. The van der Waals surface area contributed by atoms with Gasteiger partial charge < -0.3 is 19.7 Å². The number of thiophene rings is 1. The van der Waals surface area contributed by atoms with Gasteiger partial charge in [-0.2, -0.15) is 0 Å². The molecule has 1 amide bonds. The van der Waals surface area contributed by atoms with E-state index in [4.69, 9.17) is 9.47 Å². The fraction of sp³-hybridized carbons (Fsp3) is 0.300. The van der Waals surface area contributed by atoms with Crippen LogP contribution < -0.4 is 10.1 Å². The Kier molecular flexibility index (Phi) is 4.72. The molecule has 2 aromatic rings. The number of benzene rings is 1. The van der Waals surface area contributed by atoms with Crippen LogP contribution in [0.2, 0.25) is 0 Å². The van der Waals surface area contributed by atoms with Crippen molar-refractivity contribution in [3.63, 3.8) is 0 Å². The van der Waals surface area contributed by atoms with Crippen molar-refractivity contribution in [3.8, 4) is 5.75 Å². The van der Waals surface area contributed by atoms with E-state index < -0.39 is 5.97 Å². The molecule has 0 radical (unpaired) electrons. The first-order valence-corrected chi connectivity index (χ1v) is 9.53. The van der Waals surface area contributed by atoms with E-state index in [1.165, 1.54) is 18.4 Å². The zero-order valence-corrected chi connectivity index (χ0v) is 16.0. The summed E-state index contributed by atoms with van der Waals surface area (Å²) in [6, 6.07) is 7.58. The number of hydrogen-bond acceptors (Lipinski definition) is 6. The van der Waals surface area contributed by atoms with Crippen molar-refractivity contribution in [3.05, 3.63) is 51.4 Å². The number of carbonyl (C=O) groups excluding carboxylic acids is 2. The van der Waals surface area contributed by atoms with Gasteiger partial charge in [0.05, 0.1) is 18.2 Å². The van der Waals surface area contributed by atoms with Crippen molar-refractivity contribution in [1.29, 1.82) is 0 Å². The predicted octanol–water partition coefficient (Wildman–Crippen LogP) is 2.94. The molecule has 2 aliphatic heterocycles. The number of likely N-dealkylation sites (N-methyl/N-ethyl adjacent to an activating group) is 1. The number of fused-ring (bicyclic) bond motifs is 2. The van der Waals surface area contributed by atoms with Crippen LogP contribution in [0, 0.1) is 0 Å². The quantitative estimate of drug-likeness (QED) is 0.824. The van der Waals surface area contributed by atoms with Crippen molar-refractivity contribution >= 4 is 34.3 Å². The van der Waals surface area contributed by atoms with E-state index in [0.717, 1.165) is 41.3 Å². The van der Waals surface area contributed by atoms with Crippen LogP contribution in [0.15, 0.2) is 29.8 Å². The van der Waals surface area contributed by atoms with Gasteiger partial charge in [-0.25, -0.2) is 4.79 Å². The van der Waals surface area contributed by atoms with E-state index in [2.05, 4.69) is 10.2 Å². The Morgan fingerprint density at radius 3 is 2.93 bits per heavy atom. The Bertz CT molecular complexity index is 947. The lowest BCUT2D eigenvalue weighted by Gasteiger charge is -2.22. The van der Waals surface area contributed by atoms with Crippen molar-refractivity contribution in [2.75, 3.05) is 32.6 Å². The molecule has 6 nitrogen and oxygen atoms in total. The maximum atomic E-state index is 12.8. The summed E-state index contributed by atoms with van der Waals surface area (Å²) in [4.78, 5) is 28.4. The van der Waals surface area contributed by atoms with Gasteiger partial charge in [-0.3, -0.25) is 4.79 Å². The number of nitrogens with zero attached hydrogens (tertiary/aromatic N) is 1. The number of amides is 1. The lowest BCUT2D eigenvalue weighted by Crippen LogP contribution is -2.26. The molecule has 0 aliphatic carbocycles. The lowest BCUT2D eigenvalue weighted by atomic mass is 10.0. The highest BCUT2D eigenvalue weighted by Crippen LogP contribution is 2.37. The van der Waals surface area contributed by atoms with Crippen LogP contribution in [0.3, 0.4) is 0 Å². The van der Waals surface area contributed by atoms with Gasteiger partial charge in [-0.1, -0.05) is 18.2 Å². The van der Waals surface area contributed by atoms with Crippen LogP contribution in [0.5, 0.6) is 5.75 Å². The molecule has 140 valence electrons. The molecule has 1 aromatic heterocycles. The topological polar surface area (TPSA) is 67.9 Å². The molecular formula is C20H20N2O4S. The third-order valence-corrected chi connectivity index (χ3v) is 5.92. The third-order valence-electron chi connectivity index (χ3n) is 4.79. The van der Waals surface area contributed by atoms with Gasteiger partial charge in [0.15, 0.2) is 0 Å². The Labute approximate surface area is 161 Å². The van der Waals surface area contributed by atoms with Crippen LogP contribution in [0.25, 0.3) is 6.08 Å². The molecule has 7 heteroatoms. The van der Waals surface area contributed by atoms with Gasteiger partial charge in [-0.05, 0) is 31.2 Å². The molecule has 0 atom stereocenters. The molecule has 1 N–H and O–H groups in total. The molecule has 0 unspecified atom stereocenters. The van der Waals surface area contributed by atoms with Gasteiger partial charge >= 0.3 is 5.97 Å². The van der Waals surface area contributed by atoms with Crippen LogP contribution in [0.4, 0.5) is 5.00 Å². The molecule has 3 heterocycles. The van der Waals surface area contributed by atoms with Crippen molar-refractivity contribution < 1.29 is 19.1 Å². The maximum absolute atomic E-state index is 12.8. The highest BCUT2D eigenvalue weighted by molar-refractivity contribution is 7.17. The number of hydrogen-bond donors (Lipinski definition) is 1. The summed E-state index contributed by atoms with van der Waals surface area (Å²) in [7, 11) is 3.40. The minimum Gasteiger partial charge on any atom is -0.488 e. The molecule has 0 fully saturated rings. The highest BCUT2D eigenvalue weighted by atomic mass is 32.1.